The Balaban J connectivity index is 2.14. The van der Waals surface area contributed by atoms with Gasteiger partial charge in [-0.3, -0.25) is 0 Å². The Hall–Kier alpha value is 0.440. The molecular formula is C10H20BrN. The van der Waals surface area contributed by atoms with Crippen molar-refractivity contribution in [3.8, 4) is 0 Å². The summed E-state index contributed by atoms with van der Waals surface area (Å²) >= 11 is 3.69. The molecule has 12 heavy (non-hydrogen) atoms. The minimum atomic E-state index is 0.749. The van der Waals surface area contributed by atoms with Gasteiger partial charge < -0.3 is 4.90 Å². The first kappa shape index (κ1) is 10.5. The maximum atomic E-state index is 3.69. The van der Waals surface area contributed by atoms with Gasteiger partial charge in [-0.1, -0.05) is 29.8 Å². The number of hydrogen-bond acceptors (Lipinski definition) is 1. The van der Waals surface area contributed by atoms with E-state index in [2.05, 4.69) is 34.7 Å². The largest absolute Gasteiger partial charge is 0.302 e. The third kappa shape index (κ3) is 3.90. The molecule has 0 bridgehead atoms. The molecule has 72 valence electrons. The predicted octanol–water partition coefficient (Wildman–Crippen LogP) is 2.89. The third-order valence-electron chi connectivity index (χ3n) is 2.47. The first-order valence-corrected chi connectivity index (χ1v) is 5.96. The van der Waals surface area contributed by atoms with Gasteiger partial charge in [0.25, 0.3) is 0 Å². The summed E-state index contributed by atoms with van der Waals surface area (Å²) in [6.07, 6.45) is 4.08. The quantitative estimate of drug-likeness (QED) is 0.679. The molecule has 1 heterocycles. The summed E-state index contributed by atoms with van der Waals surface area (Å²) in [4.78, 5) is 3.33. The van der Waals surface area contributed by atoms with Crippen molar-refractivity contribution in [1.29, 1.82) is 0 Å². The van der Waals surface area contributed by atoms with Crippen molar-refractivity contribution in [2.24, 2.45) is 5.92 Å². The van der Waals surface area contributed by atoms with E-state index in [0.717, 1.165) is 10.7 Å². The van der Waals surface area contributed by atoms with Gasteiger partial charge in [0.15, 0.2) is 0 Å². The van der Waals surface area contributed by atoms with E-state index in [1.807, 2.05) is 0 Å². The highest BCUT2D eigenvalue weighted by molar-refractivity contribution is 9.09. The van der Waals surface area contributed by atoms with Crippen LogP contribution in [0.1, 0.15) is 33.1 Å². The fourth-order valence-corrected chi connectivity index (χ4v) is 2.38. The lowest BCUT2D eigenvalue weighted by Gasteiger charge is -2.30. The van der Waals surface area contributed by atoms with E-state index >= 15 is 0 Å². The van der Waals surface area contributed by atoms with Gasteiger partial charge in [-0.15, -0.1) is 0 Å². The highest BCUT2D eigenvalue weighted by Gasteiger charge is 2.16. The van der Waals surface area contributed by atoms with Gasteiger partial charge in [-0.2, -0.15) is 0 Å². The zero-order valence-electron chi connectivity index (χ0n) is 8.22. The van der Waals surface area contributed by atoms with Crippen LogP contribution in [0.3, 0.4) is 0 Å². The first-order valence-electron chi connectivity index (χ1n) is 5.05. The normalized spacial score (nSPS) is 26.5. The van der Waals surface area contributed by atoms with Gasteiger partial charge in [-0.25, -0.2) is 0 Å². The second-order valence-electron chi connectivity index (χ2n) is 4.22. The number of likely N-dealkylation sites (tertiary alicyclic amines) is 1. The molecule has 0 amide bonds. The van der Waals surface area contributed by atoms with E-state index in [9.17, 15) is 0 Å². The fraction of sp³-hybridized carbons (Fsp3) is 1.00. The highest BCUT2D eigenvalue weighted by Crippen LogP contribution is 2.17. The van der Waals surface area contributed by atoms with Crippen LogP contribution < -0.4 is 0 Å². The molecular weight excluding hydrogens is 214 g/mol. The molecule has 2 heteroatoms. The predicted molar refractivity (Wildman–Crippen MR) is 57.8 cm³/mol. The molecule has 1 atom stereocenters. The van der Waals surface area contributed by atoms with Crippen molar-refractivity contribution in [3.05, 3.63) is 0 Å². The van der Waals surface area contributed by atoms with Gasteiger partial charge in [0, 0.05) is 11.4 Å². The minimum Gasteiger partial charge on any atom is -0.302 e. The summed E-state index contributed by atoms with van der Waals surface area (Å²) in [5.41, 5.74) is 0. The van der Waals surface area contributed by atoms with E-state index in [4.69, 9.17) is 0 Å². The average molecular weight is 234 g/mol. The van der Waals surface area contributed by atoms with E-state index in [1.165, 1.54) is 38.9 Å². The summed E-state index contributed by atoms with van der Waals surface area (Å²) in [7, 11) is 0. The lowest BCUT2D eigenvalue weighted by atomic mass is 10.1. The molecule has 1 aliphatic heterocycles. The second kappa shape index (κ2) is 5.23. The summed E-state index contributed by atoms with van der Waals surface area (Å²) in [6.45, 7) is 8.46. The SMILES string of the molecule is CC(C)CCN1CCCC(Br)C1. The standard InChI is InChI=1S/C10H20BrN/c1-9(2)5-7-12-6-3-4-10(11)8-12/h9-10H,3-8H2,1-2H3. The van der Waals surface area contributed by atoms with Crippen LogP contribution in [-0.4, -0.2) is 29.4 Å². The molecule has 0 aromatic heterocycles. The van der Waals surface area contributed by atoms with Crippen LogP contribution in [0.15, 0.2) is 0 Å². The van der Waals surface area contributed by atoms with Gasteiger partial charge in [0.1, 0.15) is 0 Å². The van der Waals surface area contributed by atoms with Crippen LogP contribution in [0.2, 0.25) is 0 Å². The number of halogens is 1. The number of alkyl halides is 1. The van der Waals surface area contributed by atoms with Crippen molar-refractivity contribution >= 4 is 15.9 Å². The molecule has 1 aliphatic rings. The average Bonchev–Trinajstić information content (AvgIpc) is 2.01. The van der Waals surface area contributed by atoms with Crippen LogP contribution in [0.25, 0.3) is 0 Å². The zero-order chi connectivity index (χ0) is 8.97. The number of rotatable bonds is 3. The summed E-state index contributed by atoms with van der Waals surface area (Å²) in [5, 5.41) is 0. The highest BCUT2D eigenvalue weighted by atomic mass is 79.9. The molecule has 0 aromatic rings. The molecule has 0 radical (unpaired) electrons. The van der Waals surface area contributed by atoms with Gasteiger partial charge >= 0.3 is 0 Å². The number of piperidine rings is 1. The van der Waals surface area contributed by atoms with E-state index in [-0.39, 0.29) is 0 Å². The Morgan fingerprint density at radius 3 is 2.83 bits per heavy atom. The van der Waals surface area contributed by atoms with Crippen LogP contribution in [-0.2, 0) is 0 Å². The molecule has 0 aliphatic carbocycles. The Labute approximate surface area is 84.6 Å². The smallest absolute Gasteiger partial charge is 0.0273 e. The maximum Gasteiger partial charge on any atom is 0.0273 e. The summed E-state index contributed by atoms with van der Waals surface area (Å²) < 4.78 is 0. The van der Waals surface area contributed by atoms with Crippen LogP contribution in [0.5, 0.6) is 0 Å². The second-order valence-corrected chi connectivity index (χ2v) is 5.52. The summed E-state index contributed by atoms with van der Waals surface area (Å²) in [6, 6.07) is 0. The third-order valence-corrected chi connectivity index (χ3v) is 3.22. The molecule has 1 saturated heterocycles. The Morgan fingerprint density at radius 2 is 2.25 bits per heavy atom. The first-order chi connectivity index (χ1) is 5.68. The van der Waals surface area contributed by atoms with E-state index < -0.39 is 0 Å². The molecule has 0 aromatic carbocycles. The van der Waals surface area contributed by atoms with Gasteiger partial charge in [0.05, 0.1) is 0 Å². The van der Waals surface area contributed by atoms with Crippen LogP contribution >= 0.6 is 15.9 Å². The van der Waals surface area contributed by atoms with Crippen LogP contribution in [0.4, 0.5) is 0 Å². The number of nitrogens with zero attached hydrogens (tertiary/aromatic N) is 1. The Kier molecular flexibility index (Phi) is 4.59. The molecule has 1 unspecified atom stereocenters. The van der Waals surface area contributed by atoms with Crippen LogP contribution in [0, 0.1) is 5.92 Å². The lowest BCUT2D eigenvalue weighted by molar-refractivity contribution is 0.223. The molecule has 0 saturated carbocycles. The van der Waals surface area contributed by atoms with Crippen molar-refractivity contribution < 1.29 is 0 Å². The Bertz CT molecular complexity index is 125. The molecule has 1 fully saturated rings. The molecule has 1 rings (SSSR count). The van der Waals surface area contributed by atoms with Crippen molar-refractivity contribution in [2.45, 2.75) is 37.9 Å². The fourth-order valence-electron chi connectivity index (χ4n) is 1.64. The van der Waals surface area contributed by atoms with Gasteiger partial charge in [0.2, 0.25) is 0 Å². The number of hydrogen-bond donors (Lipinski definition) is 0. The van der Waals surface area contributed by atoms with Crippen molar-refractivity contribution in [2.75, 3.05) is 19.6 Å². The van der Waals surface area contributed by atoms with E-state index in [1.54, 1.807) is 0 Å². The Morgan fingerprint density at radius 1 is 1.50 bits per heavy atom. The monoisotopic (exact) mass is 233 g/mol. The lowest BCUT2D eigenvalue weighted by Crippen LogP contribution is -2.36. The van der Waals surface area contributed by atoms with Crippen molar-refractivity contribution in [3.63, 3.8) is 0 Å². The zero-order valence-corrected chi connectivity index (χ0v) is 9.81. The van der Waals surface area contributed by atoms with E-state index in [0.29, 0.717) is 0 Å². The molecule has 1 nitrogen and oxygen atoms in total. The van der Waals surface area contributed by atoms with Crippen molar-refractivity contribution in [1.82, 2.24) is 4.90 Å². The minimum absolute atomic E-state index is 0.749. The summed E-state index contributed by atoms with van der Waals surface area (Å²) in [5.74, 6) is 0.848. The molecule has 0 N–H and O–H groups in total. The maximum absolute atomic E-state index is 3.69. The molecule has 0 spiro atoms. The van der Waals surface area contributed by atoms with Gasteiger partial charge in [-0.05, 0) is 38.3 Å². The topological polar surface area (TPSA) is 3.24 Å².